The van der Waals surface area contributed by atoms with Crippen molar-refractivity contribution in [1.29, 1.82) is 0 Å². The summed E-state index contributed by atoms with van der Waals surface area (Å²) in [6, 6.07) is 13.1. The van der Waals surface area contributed by atoms with E-state index in [0.29, 0.717) is 16.3 Å². The molecule has 3 rings (SSSR count). The lowest BCUT2D eigenvalue weighted by Crippen LogP contribution is -2.54. The number of methoxy groups -OCH3 is 1. The van der Waals surface area contributed by atoms with Crippen molar-refractivity contribution in [2.45, 2.75) is 83.5 Å². The van der Waals surface area contributed by atoms with Crippen molar-refractivity contribution in [3.05, 3.63) is 76.8 Å². The summed E-state index contributed by atoms with van der Waals surface area (Å²) in [6.07, 6.45) is 0.740. The predicted octanol–water partition coefficient (Wildman–Crippen LogP) is 4.84. The van der Waals surface area contributed by atoms with Crippen LogP contribution in [0.1, 0.15) is 58.6 Å². The Morgan fingerprint density at radius 2 is 1.77 bits per heavy atom. The van der Waals surface area contributed by atoms with Gasteiger partial charge in [0.2, 0.25) is 11.8 Å². The molecule has 12 nitrogen and oxygen atoms in total. The quantitative estimate of drug-likeness (QED) is 0.134. The SMILES string of the molecule is COc1ccc(C[C@H]2NC(=O)/C=C/C[C@@H]([C@H](C)C(Cl)(Cc3ccccc3)NCC(=O)O)OC(=O)[C@H](CC(C)C)OC(=O)C(C)(C)CNC2=O)cc1Cl. The highest BCUT2D eigenvalue weighted by atomic mass is 35.5. The number of alkyl halides is 1. The van der Waals surface area contributed by atoms with Gasteiger partial charge in [-0.3, -0.25) is 24.5 Å². The Balaban J connectivity index is 2.04. The van der Waals surface area contributed by atoms with E-state index in [9.17, 15) is 29.1 Å². The molecule has 2 aromatic rings. The molecule has 0 aliphatic carbocycles. The summed E-state index contributed by atoms with van der Waals surface area (Å²) in [5.74, 6) is -4.24. The lowest BCUT2D eigenvalue weighted by Gasteiger charge is -2.38. The average molecular weight is 763 g/mol. The highest BCUT2D eigenvalue weighted by Gasteiger charge is 2.42. The molecule has 1 unspecified atom stereocenters. The third kappa shape index (κ3) is 12.5. The van der Waals surface area contributed by atoms with Crippen molar-refractivity contribution in [1.82, 2.24) is 16.0 Å². The Bertz CT molecular complexity index is 1600. The van der Waals surface area contributed by atoms with E-state index in [1.807, 2.05) is 44.2 Å². The zero-order valence-corrected chi connectivity index (χ0v) is 31.9. The number of ether oxygens (including phenoxy) is 3. The number of halogens is 2. The van der Waals surface area contributed by atoms with Crippen molar-refractivity contribution in [3.8, 4) is 5.75 Å². The summed E-state index contributed by atoms with van der Waals surface area (Å²) in [6.45, 7) is 7.93. The molecule has 0 bridgehead atoms. The number of carbonyl (C=O) groups excluding carboxylic acids is 4. The second-order valence-corrected chi connectivity index (χ2v) is 15.1. The first-order valence-electron chi connectivity index (χ1n) is 17.1. The monoisotopic (exact) mass is 761 g/mol. The third-order valence-electron chi connectivity index (χ3n) is 8.77. The number of rotatable bonds is 12. The summed E-state index contributed by atoms with van der Waals surface area (Å²) in [5, 5.41) is 18.2. The van der Waals surface area contributed by atoms with E-state index in [4.69, 9.17) is 37.4 Å². The molecule has 1 aliphatic rings. The largest absolute Gasteiger partial charge is 0.495 e. The zero-order chi connectivity index (χ0) is 38.6. The molecule has 14 heteroatoms. The van der Waals surface area contributed by atoms with Crippen LogP contribution in [0.15, 0.2) is 60.7 Å². The molecule has 0 fully saturated rings. The fourth-order valence-corrected chi connectivity index (χ4v) is 6.24. The Morgan fingerprint density at radius 3 is 2.38 bits per heavy atom. The molecule has 0 radical (unpaired) electrons. The van der Waals surface area contributed by atoms with Crippen molar-refractivity contribution < 1.29 is 43.3 Å². The number of hydrogen-bond donors (Lipinski definition) is 4. The molecule has 0 saturated carbocycles. The number of hydrogen-bond acceptors (Lipinski definition) is 9. The predicted molar refractivity (Wildman–Crippen MR) is 197 cm³/mol. The van der Waals surface area contributed by atoms with Crippen LogP contribution < -0.4 is 20.7 Å². The van der Waals surface area contributed by atoms with E-state index < -0.39 is 70.8 Å². The Kier molecular flexibility index (Phi) is 15.5. The molecule has 52 heavy (non-hydrogen) atoms. The van der Waals surface area contributed by atoms with Crippen molar-refractivity contribution in [2.24, 2.45) is 17.3 Å². The molecule has 4 N–H and O–H groups in total. The van der Waals surface area contributed by atoms with Gasteiger partial charge in [-0.25, -0.2) is 4.79 Å². The smallest absolute Gasteiger partial charge is 0.347 e. The molecule has 2 amide bonds. The number of aliphatic carboxylic acids is 1. The standard InChI is InChI=1S/C38H49Cl2N3O9/c1-23(2)17-31-35(48)51-29(24(3)38(40,42-21-33(45)46)20-25-11-8-7-9-12-25)13-10-14-32(44)43-28(19-26-15-16-30(50-6)27(39)18-26)34(47)41-22-37(4,5)36(49)52-31/h7-12,14-16,18,23-24,28-29,31,42H,13,17,19-22H2,1-6H3,(H,41,47)(H,43,44)(H,45,46)/b14-10+/t24-,28+,29-,31-,38?/m0/s1. The number of amides is 2. The van der Waals surface area contributed by atoms with Crippen molar-refractivity contribution >= 4 is 52.9 Å². The van der Waals surface area contributed by atoms with E-state index in [1.165, 1.54) is 19.3 Å². The average Bonchev–Trinajstić information content (AvgIpc) is 3.08. The summed E-state index contributed by atoms with van der Waals surface area (Å²) < 4.78 is 17.1. The minimum Gasteiger partial charge on any atom is -0.495 e. The number of nitrogens with one attached hydrogen (secondary N) is 3. The number of carboxylic acid groups (broad SMARTS) is 1. The first-order chi connectivity index (χ1) is 24.4. The van der Waals surface area contributed by atoms with Gasteiger partial charge in [0, 0.05) is 31.7 Å². The second-order valence-electron chi connectivity index (χ2n) is 14.0. The lowest BCUT2D eigenvalue weighted by molar-refractivity contribution is -0.179. The van der Waals surface area contributed by atoms with Gasteiger partial charge in [-0.15, -0.1) is 11.6 Å². The Labute approximate surface area is 314 Å². The molecule has 5 atom stereocenters. The van der Waals surface area contributed by atoms with E-state index in [2.05, 4.69) is 16.0 Å². The lowest BCUT2D eigenvalue weighted by atomic mass is 9.87. The minimum absolute atomic E-state index is 0.0306. The number of carbonyl (C=O) groups is 5. The Hall–Kier alpha value is -4.13. The van der Waals surface area contributed by atoms with Gasteiger partial charge in [0.25, 0.3) is 0 Å². The fourth-order valence-electron chi connectivity index (χ4n) is 5.60. The van der Waals surface area contributed by atoms with Crippen LogP contribution in [-0.4, -0.2) is 78.3 Å². The van der Waals surface area contributed by atoms with Crippen LogP contribution in [0.2, 0.25) is 5.02 Å². The van der Waals surface area contributed by atoms with Crippen molar-refractivity contribution in [3.63, 3.8) is 0 Å². The van der Waals surface area contributed by atoms with E-state index in [0.717, 1.165) is 5.56 Å². The number of benzene rings is 2. The maximum absolute atomic E-state index is 13.8. The molecule has 0 saturated heterocycles. The minimum atomic E-state index is -1.43. The van der Waals surface area contributed by atoms with Gasteiger partial charge in [-0.05, 0) is 55.5 Å². The highest BCUT2D eigenvalue weighted by Crippen LogP contribution is 2.33. The maximum Gasteiger partial charge on any atom is 0.347 e. The molecular weight excluding hydrogens is 713 g/mol. The summed E-state index contributed by atoms with van der Waals surface area (Å²) >= 11 is 13.5. The first-order valence-corrected chi connectivity index (χ1v) is 17.9. The van der Waals surface area contributed by atoms with Gasteiger partial charge >= 0.3 is 17.9 Å². The molecule has 0 spiro atoms. The maximum atomic E-state index is 13.8. The normalized spacial score (nSPS) is 22.6. The van der Waals surface area contributed by atoms with Crippen LogP contribution >= 0.6 is 23.2 Å². The van der Waals surface area contributed by atoms with E-state index in [1.54, 1.807) is 39.0 Å². The van der Waals surface area contributed by atoms with E-state index in [-0.39, 0.29) is 38.1 Å². The van der Waals surface area contributed by atoms with Crippen LogP contribution in [0.25, 0.3) is 0 Å². The van der Waals surface area contributed by atoms with Crippen LogP contribution in [0.4, 0.5) is 0 Å². The summed E-state index contributed by atoms with van der Waals surface area (Å²) in [5.41, 5.74) is 0.161. The Morgan fingerprint density at radius 1 is 1.08 bits per heavy atom. The molecule has 2 aromatic carbocycles. The van der Waals surface area contributed by atoms with Gasteiger partial charge in [0.05, 0.1) is 24.1 Å². The first kappa shape index (κ1) is 42.3. The van der Waals surface area contributed by atoms with Crippen LogP contribution in [0.5, 0.6) is 5.75 Å². The number of carboxylic acids is 1. The molecule has 284 valence electrons. The molecule has 0 aromatic heterocycles. The van der Waals surface area contributed by atoms with Crippen molar-refractivity contribution in [2.75, 3.05) is 20.2 Å². The summed E-state index contributed by atoms with van der Waals surface area (Å²) in [7, 11) is 1.48. The topological polar surface area (TPSA) is 169 Å². The van der Waals surface area contributed by atoms with Crippen LogP contribution in [0.3, 0.4) is 0 Å². The van der Waals surface area contributed by atoms with Crippen LogP contribution in [-0.2, 0) is 46.3 Å². The van der Waals surface area contributed by atoms with Gasteiger partial charge in [-0.2, -0.15) is 0 Å². The number of cyclic esters (lactones) is 2. The van der Waals surface area contributed by atoms with Crippen LogP contribution in [0, 0.1) is 17.3 Å². The second kappa shape index (κ2) is 19.1. The fraction of sp³-hybridized carbons (Fsp3) is 0.500. The highest BCUT2D eigenvalue weighted by molar-refractivity contribution is 6.32. The van der Waals surface area contributed by atoms with Gasteiger partial charge in [-0.1, -0.05) is 74.8 Å². The van der Waals surface area contributed by atoms with Gasteiger partial charge < -0.3 is 30.0 Å². The number of esters is 2. The third-order valence-corrected chi connectivity index (χ3v) is 9.67. The zero-order valence-electron chi connectivity index (χ0n) is 30.4. The van der Waals surface area contributed by atoms with Gasteiger partial charge in [0.1, 0.15) is 22.9 Å². The summed E-state index contributed by atoms with van der Waals surface area (Å²) in [4.78, 5) is 64.4. The molecule has 1 heterocycles. The molecular formula is C38H49Cl2N3O9. The van der Waals surface area contributed by atoms with E-state index >= 15 is 0 Å². The van der Waals surface area contributed by atoms with Gasteiger partial charge in [0.15, 0.2) is 6.10 Å². The molecule has 1 aliphatic heterocycles.